The maximum Gasteiger partial charge on any atom is 0.305 e. The van der Waals surface area contributed by atoms with Gasteiger partial charge in [-0.2, -0.15) is 0 Å². The molecule has 128 valence electrons. The van der Waals surface area contributed by atoms with E-state index in [0.29, 0.717) is 25.7 Å². The first-order valence-electron chi connectivity index (χ1n) is 8.03. The van der Waals surface area contributed by atoms with Crippen LogP contribution in [-0.4, -0.2) is 49.6 Å². The third-order valence-corrected chi connectivity index (χ3v) is 4.05. The van der Waals surface area contributed by atoms with Crippen molar-refractivity contribution in [1.29, 1.82) is 0 Å². The second-order valence-corrected chi connectivity index (χ2v) is 5.77. The van der Waals surface area contributed by atoms with E-state index in [0.717, 1.165) is 25.9 Å². The van der Waals surface area contributed by atoms with Gasteiger partial charge in [0.05, 0.1) is 13.2 Å². The van der Waals surface area contributed by atoms with Crippen LogP contribution in [0.3, 0.4) is 0 Å². The molecule has 0 aliphatic carbocycles. The average molecular weight is 316 g/mol. The first kappa shape index (κ1) is 18.9. The minimum absolute atomic E-state index is 0.0254. The van der Waals surface area contributed by atoms with Crippen molar-refractivity contribution in [3.8, 4) is 0 Å². The molecule has 1 aliphatic heterocycles. The molecule has 1 heterocycles. The molecule has 1 saturated heterocycles. The van der Waals surface area contributed by atoms with Crippen LogP contribution in [0.5, 0.6) is 0 Å². The van der Waals surface area contributed by atoms with E-state index >= 15 is 0 Å². The molecule has 6 nitrogen and oxygen atoms in total. The minimum Gasteiger partial charge on any atom is -0.469 e. The number of carbonyl (C=O) groups is 2. The number of esters is 2. The van der Waals surface area contributed by atoms with E-state index in [1.54, 1.807) is 0 Å². The summed E-state index contributed by atoms with van der Waals surface area (Å²) in [6, 6.07) is 0. The van der Waals surface area contributed by atoms with Crippen LogP contribution in [0.1, 0.15) is 51.9 Å². The van der Waals surface area contributed by atoms with E-state index < -0.39 is 0 Å². The zero-order valence-corrected chi connectivity index (χ0v) is 13.6. The van der Waals surface area contributed by atoms with Crippen LogP contribution < -0.4 is 0 Å². The molecule has 22 heavy (non-hydrogen) atoms. The molecular weight excluding hydrogens is 288 g/mol. The Morgan fingerprint density at radius 2 is 2.14 bits per heavy atom. The Labute approximate surface area is 132 Å². The summed E-state index contributed by atoms with van der Waals surface area (Å²) in [5.41, 5.74) is 0. The van der Waals surface area contributed by atoms with Crippen molar-refractivity contribution >= 4 is 11.9 Å². The minimum atomic E-state index is -0.314. The zero-order chi connectivity index (χ0) is 16.4. The zero-order valence-electron chi connectivity index (χ0n) is 13.6. The van der Waals surface area contributed by atoms with Crippen molar-refractivity contribution in [2.24, 2.45) is 5.92 Å². The van der Waals surface area contributed by atoms with Gasteiger partial charge in [0.25, 0.3) is 0 Å². The molecule has 0 saturated carbocycles. The van der Waals surface area contributed by atoms with Crippen LogP contribution in [-0.2, 0) is 23.8 Å². The van der Waals surface area contributed by atoms with Gasteiger partial charge in [0.2, 0.25) is 0 Å². The second-order valence-electron chi connectivity index (χ2n) is 5.77. The first-order chi connectivity index (χ1) is 10.6. The maximum atomic E-state index is 11.2. The van der Waals surface area contributed by atoms with Crippen LogP contribution in [0.2, 0.25) is 0 Å². The Hall–Kier alpha value is -1.14. The number of aliphatic hydroxyl groups excluding tert-OH is 1. The van der Waals surface area contributed by atoms with Gasteiger partial charge >= 0.3 is 11.9 Å². The summed E-state index contributed by atoms with van der Waals surface area (Å²) in [7, 11) is 1.36. The van der Waals surface area contributed by atoms with Gasteiger partial charge in [0, 0.05) is 32.5 Å². The first-order valence-corrected chi connectivity index (χ1v) is 8.03. The van der Waals surface area contributed by atoms with Gasteiger partial charge in [-0.3, -0.25) is 9.59 Å². The third-order valence-electron chi connectivity index (χ3n) is 4.05. The lowest BCUT2D eigenvalue weighted by atomic mass is 9.91. The summed E-state index contributed by atoms with van der Waals surface area (Å²) in [6.45, 7) is 2.24. The molecule has 0 aromatic rings. The summed E-state index contributed by atoms with van der Waals surface area (Å²) in [6.07, 6.45) is 4.78. The molecule has 0 radical (unpaired) electrons. The smallest absolute Gasteiger partial charge is 0.305 e. The Bertz CT molecular complexity index is 344. The Kier molecular flexibility index (Phi) is 9.08. The van der Waals surface area contributed by atoms with E-state index in [1.165, 1.54) is 14.0 Å². The number of hydrogen-bond acceptors (Lipinski definition) is 6. The van der Waals surface area contributed by atoms with E-state index in [2.05, 4.69) is 4.74 Å². The van der Waals surface area contributed by atoms with Crippen molar-refractivity contribution in [3.05, 3.63) is 0 Å². The topological polar surface area (TPSA) is 82.1 Å². The largest absolute Gasteiger partial charge is 0.469 e. The van der Waals surface area contributed by atoms with E-state index in [9.17, 15) is 14.7 Å². The van der Waals surface area contributed by atoms with Crippen LogP contribution in [0.15, 0.2) is 0 Å². The van der Waals surface area contributed by atoms with Crippen molar-refractivity contribution in [2.75, 3.05) is 20.3 Å². The summed E-state index contributed by atoms with van der Waals surface area (Å²) in [5, 5.41) is 9.38. The van der Waals surface area contributed by atoms with E-state index in [-0.39, 0.29) is 36.7 Å². The number of rotatable bonds is 9. The van der Waals surface area contributed by atoms with Crippen LogP contribution in [0.4, 0.5) is 0 Å². The quantitative estimate of drug-likeness (QED) is 0.654. The fraction of sp³-hybridized carbons (Fsp3) is 0.875. The van der Waals surface area contributed by atoms with Gasteiger partial charge in [0.15, 0.2) is 0 Å². The molecule has 0 spiro atoms. The highest BCUT2D eigenvalue weighted by molar-refractivity contribution is 5.69. The molecule has 0 bridgehead atoms. The second kappa shape index (κ2) is 10.6. The SMILES string of the molecule is COC(=O)CCCC(CCC1OCCCC1CO)OC(C)=O. The predicted octanol–water partition coefficient (Wildman–Crippen LogP) is 1.83. The predicted molar refractivity (Wildman–Crippen MR) is 80.2 cm³/mol. The molecular formula is C16H28O6. The van der Waals surface area contributed by atoms with Crippen molar-refractivity contribution < 1.29 is 28.9 Å². The van der Waals surface area contributed by atoms with Crippen molar-refractivity contribution in [1.82, 2.24) is 0 Å². The maximum absolute atomic E-state index is 11.2. The highest BCUT2D eigenvalue weighted by Gasteiger charge is 2.26. The fourth-order valence-corrected chi connectivity index (χ4v) is 2.85. The van der Waals surface area contributed by atoms with Crippen molar-refractivity contribution in [2.45, 2.75) is 64.1 Å². The fourth-order valence-electron chi connectivity index (χ4n) is 2.85. The Balaban J connectivity index is 2.39. The molecule has 1 aliphatic rings. The number of hydrogen-bond donors (Lipinski definition) is 1. The van der Waals surface area contributed by atoms with Crippen LogP contribution in [0.25, 0.3) is 0 Å². The van der Waals surface area contributed by atoms with Gasteiger partial charge in [-0.05, 0) is 38.5 Å². The van der Waals surface area contributed by atoms with E-state index in [4.69, 9.17) is 9.47 Å². The number of ether oxygens (including phenoxy) is 3. The van der Waals surface area contributed by atoms with Crippen LogP contribution in [0, 0.1) is 5.92 Å². The molecule has 1 N–H and O–H groups in total. The summed E-state index contributed by atoms with van der Waals surface area (Å²) < 4.78 is 15.6. The number of carbonyl (C=O) groups excluding carboxylic acids is 2. The molecule has 0 aromatic carbocycles. The summed E-state index contributed by atoms with van der Waals surface area (Å²) >= 11 is 0. The molecule has 0 aromatic heterocycles. The molecule has 3 unspecified atom stereocenters. The number of methoxy groups -OCH3 is 1. The van der Waals surface area contributed by atoms with Gasteiger partial charge < -0.3 is 19.3 Å². The standard InChI is InChI=1S/C16H28O6/c1-12(18)22-14(6-3-7-16(19)20-2)8-9-15-13(11-17)5-4-10-21-15/h13-15,17H,3-11H2,1-2H3. The molecule has 6 heteroatoms. The van der Waals surface area contributed by atoms with E-state index in [1.807, 2.05) is 0 Å². The number of aliphatic hydroxyl groups is 1. The normalized spacial score (nSPS) is 22.9. The van der Waals surface area contributed by atoms with Gasteiger partial charge in [-0.15, -0.1) is 0 Å². The highest BCUT2D eigenvalue weighted by Crippen LogP contribution is 2.25. The summed E-state index contributed by atoms with van der Waals surface area (Å²) in [4.78, 5) is 22.3. The van der Waals surface area contributed by atoms with Gasteiger partial charge in [-0.25, -0.2) is 0 Å². The summed E-state index contributed by atoms with van der Waals surface area (Å²) in [5.74, 6) is -0.398. The molecule has 3 atom stereocenters. The lowest BCUT2D eigenvalue weighted by molar-refractivity contribution is -0.148. The van der Waals surface area contributed by atoms with Crippen LogP contribution >= 0.6 is 0 Å². The van der Waals surface area contributed by atoms with Gasteiger partial charge in [0.1, 0.15) is 6.10 Å². The lowest BCUT2D eigenvalue weighted by Gasteiger charge is -2.31. The van der Waals surface area contributed by atoms with Crippen molar-refractivity contribution in [3.63, 3.8) is 0 Å². The average Bonchev–Trinajstić information content (AvgIpc) is 2.51. The highest BCUT2D eigenvalue weighted by atomic mass is 16.5. The van der Waals surface area contributed by atoms with Gasteiger partial charge in [-0.1, -0.05) is 0 Å². The molecule has 0 amide bonds. The monoisotopic (exact) mass is 316 g/mol. The molecule has 1 rings (SSSR count). The Morgan fingerprint density at radius 3 is 2.77 bits per heavy atom. The lowest BCUT2D eigenvalue weighted by Crippen LogP contribution is -2.33. The third kappa shape index (κ3) is 7.22. The molecule has 1 fully saturated rings. The Morgan fingerprint density at radius 1 is 1.36 bits per heavy atom.